The lowest BCUT2D eigenvalue weighted by molar-refractivity contribution is 0.797. The maximum absolute atomic E-state index is 4.19. The molecule has 4 heteroatoms. The van der Waals surface area contributed by atoms with Crippen molar-refractivity contribution >= 4 is 21.8 Å². The van der Waals surface area contributed by atoms with Gasteiger partial charge in [-0.25, -0.2) is 0 Å². The van der Waals surface area contributed by atoms with Crippen molar-refractivity contribution in [2.24, 2.45) is 7.05 Å². The summed E-state index contributed by atoms with van der Waals surface area (Å²) >= 11 is 0. The van der Waals surface area contributed by atoms with Gasteiger partial charge in [0.15, 0.2) is 0 Å². The van der Waals surface area contributed by atoms with E-state index in [0.717, 1.165) is 21.8 Å². The van der Waals surface area contributed by atoms with Gasteiger partial charge in [0.2, 0.25) is 0 Å². The van der Waals surface area contributed by atoms with Gasteiger partial charge in [-0.1, -0.05) is 0 Å². The van der Waals surface area contributed by atoms with Gasteiger partial charge >= 0.3 is 0 Å². The predicted octanol–water partition coefficient (Wildman–Crippen LogP) is 1.45. The number of nitrogens with one attached hydrogen (secondary N) is 1. The van der Waals surface area contributed by atoms with Crippen LogP contribution >= 0.6 is 0 Å². The Morgan fingerprint density at radius 3 is 3.15 bits per heavy atom. The average molecular weight is 172 g/mol. The third kappa shape index (κ3) is 0.744. The molecule has 0 radical (unpaired) electrons. The van der Waals surface area contributed by atoms with Crippen LogP contribution in [0.25, 0.3) is 21.8 Å². The van der Waals surface area contributed by atoms with E-state index < -0.39 is 0 Å². The molecule has 0 atom stereocenters. The molecule has 2 aromatic heterocycles. The maximum atomic E-state index is 4.19. The first-order chi connectivity index (χ1) is 6.36. The number of H-pyrrole nitrogens is 1. The van der Waals surface area contributed by atoms with Crippen molar-refractivity contribution in [2.45, 2.75) is 0 Å². The second kappa shape index (κ2) is 2.10. The Morgan fingerprint density at radius 2 is 2.23 bits per heavy atom. The molecule has 0 fully saturated rings. The molecule has 64 valence electrons. The van der Waals surface area contributed by atoms with Crippen molar-refractivity contribution in [3.8, 4) is 0 Å². The smallest absolute Gasteiger partial charge is 0.0760 e. The molecule has 13 heavy (non-hydrogen) atoms. The lowest BCUT2D eigenvalue weighted by Gasteiger charge is -1.93. The van der Waals surface area contributed by atoms with E-state index in [1.165, 1.54) is 0 Å². The molecular weight excluding hydrogens is 164 g/mol. The maximum Gasteiger partial charge on any atom is 0.0760 e. The number of hydrogen-bond acceptors (Lipinski definition) is 2. The minimum Gasteiger partial charge on any atom is -0.277 e. The molecule has 1 aromatic carbocycles. The molecule has 3 rings (SSSR count). The Morgan fingerprint density at radius 1 is 1.31 bits per heavy atom. The van der Waals surface area contributed by atoms with Crippen LogP contribution in [0.2, 0.25) is 0 Å². The normalized spacial score (nSPS) is 11.5. The third-order valence-electron chi connectivity index (χ3n) is 2.34. The van der Waals surface area contributed by atoms with Crippen molar-refractivity contribution in [2.75, 3.05) is 0 Å². The van der Waals surface area contributed by atoms with Crippen molar-refractivity contribution < 1.29 is 0 Å². The van der Waals surface area contributed by atoms with E-state index in [9.17, 15) is 0 Å². The summed E-state index contributed by atoms with van der Waals surface area (Å²) in [5.74, 6) is 0. The summed E-state index contributed by atoms with van der Waals surface area (Å²) in [6, 6.07) is 4.10. The number of aryl methyl sites for hydroxylation is 1. The summed E-state index contributed by atoms with van der Waals surface area (Å²) in [5, 5.41) is 13.4. The minimum atomic E-state index is 1.06. The highest BCUT2D eigenvalue weighted by molar-refractivity contribution is 6.03. The van der Waals surface area contributed by atoms with Crippen LogP contribution in [-0.4, -0.2) is 20.0 Å². The van der Waals surface area contributed by atoms with Gasteiger partial charge in [-0.2, -0.15) is 10.2 Å². The Balaban J connectivity index is 2.66. The molecule has 0 bridgehead atoms. The van der Waals surface area contributed by atoms with E-state index in [1.54, 1.807) is 0 Å². The number of benzene rings is 1. The summed E-state index contributed by atoms with van der Waals surface area (Å²) in [5.41, 5.74) is 2.18. The number of rotatable bonds is 0. The molecule has 0 unspecified atom stereocenters. The molecule has 0 saturated heterocycles. The molecule has 0 aliphatic heterocycles. The quantitative estimate of drug-likeness (QED) is 0.557. The Labute approximate surface area is 74.2 Å². The van der Waals surface area contributed by atoms with Crippen LogP contribution in [0.4, 0.5) is 0 Å². The van der Waals surface area contributed by atoms with Gasteiger partial charge < -0.3 is 0 Å². The van der Waals surface area contributed by atoms with Gasteiger partial charge in [0.25, 0.3) is 0 Å². The first-order valence-corrected chi connectivity index (χ1v) is 4.10. The SMILES string of the molecule is Cn1ncc2c3[nH]ncc3ccc21. The monoisotopic (exact) mass is 172 g/mol. The zero-order chi connectivity index (χ0) is 8.84. The fourth-order valence-electron chi connectivity index (χ4n) is 1.64. The first-order valence-electron chi connectivity index (χ1n) is 4.10. The molecule has 0 amide bonds. The van der Waals surface area contributed by atoms with Crippen LogP contribution in [0, 0.1) is 0 Å². The lowest BCUT2D eigenvalue weighted by Crippen LogP contribution is -1.87. The number of fused-ring (bicyclic) bond motifs is 3. The van der Waals surface area contributed by atoms with Crippen LogP contribution in [-0.2, 0) is 7.05 Å². The second-order valence-electron chi connectivity index (χ2n) is 3.10. The van der Waals surface area contributed by atoms with E-state index in [2.05, 4.69) is 21.4 Å². The van der Waals surface area contributed by atoms with Crippen molar-refractivity contribution in [1.82, 2.24) is 20.0 Å². The highest BCUT2D eigenvalue weighted by atomic mass is 15.2. The summed E-state index contributed by atoms with van der Waals surface area (Å²) in [7, 11) is 1.94. The van der Waals surface area contributed by atoms with Crippen molar-refractivity contribution in [1.29, 1.82) is 0 Å². The minimum absolute atomic E-state index is 1.06. The first kappa shape index (κ1) is 6.65. The van der Waals surface area contributed by atoms with Gasteiger partial charge in [0.1, 0.15) is 0 Å². The topological polar surface area (TPSA) is 46.5 Å². The summed E-state index contributed by atoms with van der Waals surface area (Å²) in [4.78, 5) is 0. The average Bonchev–Trinajstić information content (AvgIpc) is 2.70. The van der Waals surface area contributed by atoms with Crippen molar-refractivity contribution in [3.05, 3.63) is 24.5 Å². The molecule has 0 aliphatic rings. The molecule has 3 aromatic rings. The summed E-state index contributed by atoms with van der Waals surface area (Å²) < 4.78 is 1.86. The summed E-state index contributed by atoms with van der Waals surface area (Å²) in [6.07, 6.45) is 3.68. The number of aromatic nitrogens is 4. The highest BCUT2D eigenvalue weighted by Gasteiger charge is 2.04. The lowest BCUT2D eigenvalue weighted by atomic mass is 10.2. The van der Waals surface area contributed by atoms with Crippen LogP contribution in [0.3, 0.4) is 0 Å². The third-order valence-corrected chi connectivity index (χ3v) is 2.34. The van der Waals surface area contributed by atoms with E-state index >= 15 is 0 Å². The van der Waals surface area contributed by atoms with Crippen LogP contribution in [0.1, 0.15) is 0 Å². The highest BCUT2D eigenvalue weighted by Crippen LogP contribution is 2.21. The Kier molecular flexibility index (Phi) is 1.07. The molecule has 1 N–H and O–H groups in total. The number of nitrogens with zero attached hydrogens (tertiary/aromatic N) is 3. The van der Waals surface area contributed by atoms with Gasteiger partial charge in [-0.3, -0.25) is 9.78 Å². The largest absolute Gasteiger partial charge is 0.277 e. The fourth-order valence-corrected chi connectivity index (χ4v) is 1.64. The molecule has 0 spiro atoms. The molecule has 0 saturated carbocycles. The standard InChI is InChI=1S/C9H8N4/c1-13-8-3-2-6-4-10-12-9(6)7(8)5-11-13/h2-5H,1H3,(H,10,12). The molecule has 0 aliphatic carbocycles. The molecule has 4 nitrogen and oxygen atoms in total. The van der Waals surface area contributed by atoms with E-state index in [0.29, 0.717) is 0 Å². The second-order valence-corrected chi connectivity index (χ2v) is 3.10. The van der Waals surface area contributed by atoms with E-state index in [1.807, 2.05) is 30.2 Å². The fraction of sp³-hybridized carbons (Fsp3) is 0.111. The molecular formula is C9H8N4. The van der Waals surface area contributed by atoms with Crippen molar-refractivity contribution in [3.63, 3.8) is 0 Å². The Hall–Kier alpha value is -1.84. The molecule has 2 heterocycles. The Bertz CT molecular complexity index is 575. The van der Waals surface area contributed by atoms with E-state index in [4.69, 9.17) is 0 Å². The predicted molar refractivity (Wildman–Crippen MR) is 50.4 cm³/mol. The van der Waals surface area contributed by atoms with Crippen LogP contribution in [0.5, 0.6) is 0 Å². The number of hydrogen-bond donors (Lipinski definition) is 1. The summed E-state index contributed by atoms with van der Waals surface area (Å²) in [6.45, 7) is 0. The van der Waals surface area contributed by atoms with Gasteiger partial charge in [-0.05, 0) is 12.1 Å². The van der Waals surface area contributed by atoms with Gasteiger partial charge in [0.05, 0.1) is 23.4 Å². The number of aromatic amines is 1. The van der Waals surface area contributed by atoms with Gasteiger partial charge in [-0.15, -0.1) is 0 Å². The van der Waals surface area contributed by atoms with Gasteiger partial charge in [0, 0.05) is 17.8 Å². The zero-order valence-corrected chi connectivity index (χ0v) is 7.15. The van der Waals surface area contributed by atoms with E-state index in [-0.39, 0.29) is 0 Å². The zero-order valence-electron chi connectivity index (χ0n) is 7.15. The van der Waals surface area contributed by atoms with Crippen LogP contribution in [0.15, 0.2) is 24.5 Å². The van der Waals surface area contributed by atoms with Crippen LogP contribution < -0.4 is 0 Å².